The Labute approximate surface area is 126 Å². The molecular formula is C14H14BrN3S. The molecule has 0 aliphatic rings. The number of hydrogen-bond acceptors (Lipinski definition) is 2. The van der Waals surface area contributed by atoms with Gasteiger partial charge >= 0.3 is 0 Å². The molecule has 0 fully saturated rings. The van der Waals surface area contributed by atoms with E-state index in [4.69, 9.17) is 18.0 Å². The van der Waals surface area contributed by atoms with Crippen LogP contribution in [0.2, 0.25) is 0 Å². The topological polar surface area (TPSA) is 50.9 Å². The first-order chi connectivity index (χ1) is 9.16. The van der Waals surface area contributed by atoms with E-state index in [1.807, 2.05) is 24.3 Å². The van der Waals surface area contributed by atoms with Crippen molar-refractivity contribution in [3.05, 3.63) is 52.6 Å². The normalized spacial score (nSPS) is 10.2. The van der Waals surface area contributed by atoms with Crippen molar-refractivity contribution < 1.29 is 0 Å². The average molecular weight is 336 g/mol. The molecule has 0 spiro atoms. The molecule has 98 valence electrons. The van der Waals surface area contributed by atoms with Crippen LogP contribution in [0.5, 0.6) is 0 Å². The summed E-state index contributed by atoms with van der Waals surface area (Å²) in [6.07, 6.45) is 2.66. The maximum atomic E-state index is 5.43. The first-order valence-corrected chi connectivity index (χ1v) is 7.10. The van der Waals surface area contributed by atoms with Crippen molar-refractivity contribution in [3.8, 4) is 11.3 Å². The molecule has 1 aromatic heterocycles. The van der Waals surface area contributed by atoms with Crippen LogP contribution in [-0.4, -0.2) is 16.6 Å². The second-order valence-electron chi connectivity index (χ2n) is 4.06. The first-order valence-electron chi connectivity index (χ1n) is 5.90. The van der Waals surface area contributed by atoms with Gasteiger partial charge in [0.25, 0.3) is 0 Å². The van der Waals surface area contributed by atoms with Crippen molar-refractivity contribution in [3.63, 3.8) is 0 Å². The molecule has 0 radical (unpaired) electrons. The van der Waals surface area contributed by atoms with Crippen LogP contribution >= 0.6 is 28.1 Å². The maximum Gasteiger partial charge on any atom is 0.163 e. The summed E-state index contributed by atoms with van der Waals surface area (Å²) in [5.41, 5.74) is 8.75. The molecule has 0 atom stereocenters. The lowest BCUT2D eigenvalue weighted by Crippen LogP contribution is -2.30. The largest absolute Gasteiger partial charge is 0.376 e. The zero-order valence-electron chi connectivity index (χ0n) is 10.3. The van der Waals surface area contributed by atoms with E-state index < -0.39 is 0 Å². The number of nitrogens with one attached hydrogen (secondary N) is 1. The minimum Gasteiger partial charge on any atom is -0.376 e. The van der Waals surface area contributed by atoms with Crippen molar-refractivity contribution in [2.45, 2.75) is 6.42 Å². The van der Waals surface area contributed by atoms with Gasteiger partial charge in [-0.2, -0.15) is 0 Å². The molecule has 1 heterocycles. The predicted octanol–water partition coefficient (Wildman–Crippen LogP) is 2.89. The molecule has 3 nitrogen and oxygen atoms in total. The van der Waals surface area contributed by atoms with Crippen LogP contribution in [0, 0.1) is 0 Å². The van der Waals surface area contributed by atoms with Crippen LogP contribution in [0.4, 0.5) is 0 Å². The van der Waals surface area contributed by atoms with Crippen LogP contribution in [0.3, 0.4) is 0 Å². The highest BCUT2D eigenvalue weighted by Crippen LogP contribution is 2.23. The SMILES string of the molecule is NC(=S)NCCc1ccccc1-c1ccc(Br)cn1. The number of thiocarbonyl (C=S) groups is 1. The van der Waals surface area contributed by atoms with E-state index in [1.54, 1.807) is 6.20 Å². The molecule has 3 N–H and O–H groups in total. The van der Waals surface area contributed by atoms with Crippen molar-refractivity contribution in [2.75, 3.05) is 6.54 Å². The highest BCUT2D eigenvalue weighted by atomic mass is 79.9. The minimum atomic E-state index is 0.333. The zero-order valence-corrected chi connectivity index (χ0v) is 12.7. The first kappa shape index (κ1) is 14.0. The van der Waals surface area contributed by atoms with Crippen LogP contribution in [-0.2, 0) is 6.42 Å². The van der Waals surface area contributed by atoms with Crippen LogP contribution in [0.25, 0.3) is 11.3 Å². The van der Waals surface area contributed by atoms with E-state index >= 15 is 0 Å². The minimum absolute atomic E-state index is 0.333. The highest BCUT2D eigenvalue weighted by molar-refractivity contribution is 9.10. The standard InChI is InChI=1S/C14H14BrN3S/c15-11-5-6-13(18-9-11)12-4-2-1-3-10(12)7-8-17-14(16)19/h1-6,9H,7-8H2,(H3,16,17,19). The summed E-state index contributed by atoms with van der Waals surface area (Å²) in [4.78, 5) is 4.43. The number of pyridine rings is 1. The Hall–Kier alpha value is -1.46. The number of rotatable bonds is 4. The van der Waals surface area contributed by atoms with Gasteiger partial charge in [0, 0.05) is 22.8 Å². The van der Waals surface area contributed by atoms with Gasteiger partial charge in [0.05, 0.1) is 5.69 Å². The Morgan fingerprint density at radius 2 is 2.05 bits per heavy atom. The van der Waals surface area contributed by atoms with E-state index in [9.17, 15) is 0 Å². The lowest BCUT2D eigenvalue weighted by molar-refractivity contribution is 0.870. The van der Waals surface area contributed by atoms with Gasteiger partial charge in [-0.25, -0.2) is 0 Å². The molecular weight excluding hydrogens is 322 g/mol. The van der Waals surface area contributed by atoms with Gasteiger partial charge < -0.3 is 11.1 Å². The highest BCUT2D eigenvalue weighted by Gasteiger charge is 2.05. The van der Waals surface area contributed by atoms with Crippen molar-refractivity contribution in [1.29, 1.82) is 0 Å². The third-order valence-electron chi connectivity index (χ3n) is 2.71. The molecule has 2 aromatic rings. The molecule has 5 heteroatoms. The quantitative estimate of drug-likeness (QED) is 0.843. The van der Waals surface area contributed by atoms with Crippen LogP contribution < -0.4 is 11.1 Å². The summed E-state index contributed by atoms with van der Waals surface area (Å²) in [7, 11) is 0. The second-order valence-corrected chi connectivity index (χ2v) is 5.42. The van der Waals surface area contributed by atoms with Crippen LogP contribution in [0.1, 0.15) is 5.56 Å². The van der Waals surface area contributed by atoms with Gasteiger partial charge in [-0.15, -0.1) is 0 Å². The van der Waals surface area contributed by atoms with E-state index in [0.717, 1.165) is 28.7 Å². The average Bonchev–Trinajstić information content (AvgIpc) is 2.40. The summed E-state index contributed by atoms with van der Waals surface area (Å²) in [5.74, 6) is 0. The second kappa shape index (κ2) is 6.63. The number of benzene rings is 1. The molecule has 0 unspecified atom stereocenters. The van der Waals surface area contributed by atoms with Crippen molar-refractivity contribution >= 4 is 33.3 Å². The summed E-state index contributed by atoms with van der Waals surface area (Å²) in [6.45, 7) is 0.725. The predicted molar refractivity (Wildman–Crippen MR) is 85.9 cm³/mol. The Morgan fingerprint density at radius 1 is 1.26 bits per heavy atom. The van der Waals surface area contributed by atoms with Crippen molar-refractivity contribution in [1.82, 2.24) is 10.3 Å². The van der Waals surface area contributed by atoms with Crippen molar-refractivity contribution in [2.24, 2.45) is 5.73 Å². The number of nitrogens with zero attached hydrogens (tertiary/aromatic N) is 1. The van der Waals surface area contributed by atoms with Gasteiger partial charge in [-0.3, -0.25) is 4.98 Å². The Balaban J connectivity index is 2.20. The molecule has 0 aliphatic carbocycles. The maximum absolute atomic E-state index is 5.43. The Morgan fingerprint density at radius 3 is 2.74 bits per heavy atom. The van der Waals surface area contributed by atoms with Gasteiger partial charge in [0.1, 0.15) is 0 Å². The molecule has 0 saturated heterocycles. The van der Waals surface area contributed by atoms with Gasteiger partial charge in [0.2, 0.25) is 0 Å². The summed E-state index contributed by atoms with van der Waals surface area (Å²) >= 11 is 8.19. The summed E-state index contributed by atoms with van der Waals surface area (Å²) in [6, 6.07) is 12.2. The molecule has 1 aromatic carbocycles. The van der Waals surface area contributed by atoms with Gasteiger partial charge in [-0.1, -0.05) is 24.3 Å². The lowest BCUT2D eigenvalue weighted by atomic mass is 10.0. The molecule has 0 amide bonds. The smallest absolute Gasteiger partial charge is 0.163 e. The van der Waals surface area contributed by atoms with E-state index in [0.29, 0.717) is 5.11 Å². The third-order valence-corrected chi connectivity index (χ3v) is 3.33. The number of hydrogen-bond donors (Lipinski definition) is 2. The number of aromatic nitrogens is 1. The molecule has 0 saturated carbocycles. The van der Waals surface area contributed by atoms with E-state index in [-0.39, 0.29) is 0 Å². The summed E-state index contributed by atoms with van der Waals surface area (Å²) < 4.78 is 0.976. The Bertz CT molecular complexity index is 569. The van der Waals surface area contributed by atoms with E-state index in [2.05, 4.69) is 38.4 Å². The molecule has 2 rings (SSSR count). The monoisotopic (exact) mass is 335 g/mol. The van der Waals surface area contributed by atoms with Gasteiger partial charge in [-0.05, 0) is 52.3 Å². The fourth-order valence-electron chi connectivity index (χ4n) is 1.84. The van der Waals surface area contributed by atoms with Gasteiger partial charge in [0.15, 0.2) is 5.11 Å². The molecule has 0 bridgehead atoms. The lowest BCUT2D eigenvalue weighted by Gasteiger charge is -2.09. The summed E-state index contributed by atoms with van der Waals surface area (Å²) in [5, 5.41) is 3.30. The third kappa shape index (κ3) is 4.01. The fraction of sp³-hybridized carbons (Fsp3) is 0.143. The number of nitrogens with two attached hydrogens (primary N) is 1. The molecule has 19 heavy (non-hydrogen) atoms. The fourth-order valence-corrected chi connectivity index (χ4v) is 2.18. The molecule has 0 aliphatic heterocycles. The zero-order chi connectivity index (χ0) is 13.7. The number of halogens is 1. The van der Waals surface area contributed by atoms with E-state index in [1.165, 1.54) is 5.56 Å². The Kier molecular flexibility index (Phi) is 4.87. The van der Waals surface area contributed by atoms with Crippen LogP contribution in [0.15, 0.2) is 47.1 Å².